The van der Waals surface area contributed by atoms with Gasteiger partial charge in [-0.3, -0.25) is 0 Å². The van der Waals surface area contributed by atoms with E-state index in [1.54, 1.807) is 0 Å². The molecule has 0 aromatic carbocycles. The first-order chi connectivity index (χ1) is 10.5. The van der Waals surface area contributed by atoms with Gasteiger partial charge in [-0.25, -0.2) is 0 Å². The minimum Gasteiger partial charge on any atom is -0.413 e. The van der Waals surface area contributed by atoms with Crippen LogP contribution in [0.3, 0.4) is 0 Å². The zero-order valence-electron chi connectivity index (χ0n) is 16.3. The lowest BCUT2D eigenvalue weighted by molar-refractivity contribution is -0.117. The van der Waals surface area contributed by atoms with Crippen molar-refractivity contribution in [3.8, 4) is 0 Å². The lowest BCUT2D eigenvalue weighted by Gasteiger charge is -2.44. The Morgan fingerprint density at radius 1 is 1.13 bits per heavy atom. The van der Waals surface area contributed by atoms with Crippen molar-refractivity contribution in [2.24, 2.45) is 17.8 Å². The zero-order chi connectivity index (χ0) is 17.8. The summed E-state index contributed by atoms with van der Waals surface area (Å²) in [6.45, 7) is 19.9. The molecule has 0 radical (unpaired) electrons. The summed E-state index contributed by atoms with van der Waals surface area (Å²) in [5.74, 6) is 1.49. The fourth-order valence-corrected chi connectivity index (χ4v) is 4.77. The predicted octanol–water partition coefficient (Wildman–Crippen LogP) is 5.48. The van der Waals surface area contributed by atoms with Crippen LogP contribution in [0.5, 0.6) is 0 Å². The molecule has 0 N–H and O–H groups in total. The lowest BCUT2D eigenvalue weighted by atomic mass is 9.87. The Morgan fingerprint density at radius 2 is 1.65 bits per heavy atom. The second-order valence-corrected chi connectivity index (χ2v) is 14.4. The summed E-state index contributed by atoms with van der Waals surface area (Å²) in [5, 5.41) is 0.219. The quantitative estimate of drug-likeness (QED) is 0.275. The number of alkyl halides is 1. The molecule has 1 heterocycles. The molecule has 0 bridgehead atoms. The van der Waals surface area contributed by atoms with Gasteiger partial charge >= 0.3 is 0 Å². The Morgan fingerprint density at radius 3 is 2.09 bits per heavy atom. The fourth-order valence-electron chi connectivity index (χ4n) is 2.93. The van der Waals surface area contributed by atoms with Gasteiger partial charge < -0.3 is 13.9 Å². The van der Waals surface area contributed by atoms with E-state index in [1.165, 1.54) is 10.8 Å². The van der Waals surface area contributed by atoms with Crippen LogP contribution in [-0.2, 0) is 13.9 Å². The van der Waals surface area contributed by atoms with Gasteiger partial charge in [0.05, 0.1) is 19.3 Å². The molecular weight excluding hydrogens is 419 g/mol. The maximum atomic E-state index is 6.86. The number of ether oxygens (including phenoxy) is 2. The zero-order valence-corrected chi connectivity index (χ0v) is 19.5. The van der Waals surface area contributed by atoms with Crippen molar-refractivity contribution in [2.45, 2.75) is 78.5 Å². The third-order valence-electron chi connectivity index (χ3n) is 5.43. The average Bonchev–Trinajstić information content (AvgIpc) is 2.96. The third kappa shape index (κ3) is 6.24. The molecule has 3 nitrogen and oxygen atoms in total. The van der Waals surface area contributed by atoms with E-state index in [2.05, 4.69) is 77.2 Å². The van der Waals surface area contributed by atoms with E-state index in [4.69, 9.17) is 13.9 Å². The Kier molecular flexibility index (Phi) is 8.53. The van der Waals surface area contributed by atoms with Gasteiger partial charge in [0.2, 0.25) is 0 Å². The van der Waals surface area contributed by atoms with E-state index < -0.39 is 8.32 Å². The maximum Gasteiger partial charge on any atom is 0.192 e. The molecule has 1 saturated heterocycles. The van der Waals surface area contributed by atoms with Crippen LogP contribution in [0, 0.1) is 17.8 Å². The molecule has 0 unspecified atom stereocenters. The highest BCUT2D eigenvalue weighted by Gasteiger charge is 2.43. The van der Waals surface area contributed by atoms with Gasteiger partial charge in [-0.1, -0.05) is 64.1 Å². The van der Waals surface area contributed by atoms with Crippen LogP contribution in [0.2, 0.25) is 18.1 Å². The molecule has 1 aliphatic heterocycles. The maximum absolute atomic E-state index is 6.86. The molecule has 5 heteroatoms. The van der Waals surface area contributed by atoms with Crippen LogP contribution < -0.4 is 0 Å². The Balaban J connectivity index is 2.91. The molecule has 4 atom stereocenters. The van der Waals surface area contributed by atoms with Crippen LogP contribution in [0.1, 0.15) is 48.0 Å². The van der Waals surface area contributed by atoms with Crippen molar-refractivity contribution in [1.82, 2.24) is 0 Å². The van der Waals surface area contributed by atoms with Crippen molar-refractivity contribution in [3.05, 3.63) is 0 Å². The van der Waals surface area contributed by atoms with Crippen molar-refractivity contribution in [2.75, 3.05) is 17.6 Å². The van der Waals surface area contributed by atoms with Crippen LogP contribution in [-0.4, -0.2) is 38.4 Å². The van der Waals surface area contributed by atoms with E-state index in [9.17, 15) is 0 Å². The largest absolute Gasteiger partial charge is 0.413 e. The summed E-state index contributed by atoms with van der Waals surface area (Å²) in [7, 11) is -1.82. The standard InChI is InChI=1S/C18H37IO3Si/c1-13(12-19)11-14(2)16(15(3)17-20-9-10-21-17)22-23(7,8)18(4,5)6/h13-17H,9-12H2,1-8H3/t13-,14+,15-,16-/m1/s1. The molecule has 0 aliphatic carbocycles. The minimum atomic E-state index is -1.82. The lowest BCUT2D eigenvalue weighted by Crippen LogP contribution is -2.49. The monoisotopic (exact) mass is 456 g/mol. The van der Waals surface area contributed by atoms with E-state index in [-0.39, 0.29) is 23.4 Å². The molecule has 0 saturated carbocycles. The van der Waals surface area contributed by atoms with Crippen molar-refractivity contribution < 1.29 is 13.9 Å². The summed E-state index contributed by atoms with van der Waals surface area (Å²) in [6.07, 6.45) is 1.28. The van der Waals surface area contributed by atoms with Gasteiger partial charge in [-0.05, 0) is 36.4 Å². The van der Waals surface area contributed by atoms with E-state index >= 15 is 0 Å². The van der Waals surface area contributed by atoms with Crippen molar-refractivity contribution in [3.63, 3.8) is 0 Å². The molecular formula is C18H37IO3Si. The minimum absolute atomic E-state index is 0.109. The molecule has 23 heavy (non-hydrogen) atoms. The van der Waals surface area contributed by atoms with E-state index in [0.717, 1.165) is 0 Å². The van der Waals surface area contributed by atoms with Gasteiger partial charge in [0, 0.05) is 10.3 Å². The van der Waals surface area contributed by atoms with Crippen molar-refractivity contribution in [1.29, 1.82) is 0 Å². The first kappa shape index (κ1) is 21.9. The SMILES string of the molecule is C[C@@H](CI)C[C@H](C)[C@@H](O[Si](C)(C)C(C)(C)C)[C@@H](C)C1OCCO1. The Bertz CT molecular complexity index is 351. The second-order valence-electron chi connectivity index (χ2n) is 8.78. The third-order valence-corrected chi connectivity index (χ3v) is 11.4. The first-order valence-electron chi connectivity index (χ1n) is 8.96. The summed E-state index contributed by atoms with van der Waals surface area (Å²) in [4.78, 5) is 0. The highest BCUT2D eigenvalue weighted by molar-refractivity contribution is 14.1. The van der Waals surface area contributed by atoms with Crippen LogP contribution in [0.15, 0.2) is 0 Å². The summed E-state index contributed by atoms with van der Waals surface area (Å²) in [5.41, 5.74) is 0. The first-order valence-corrected chi connectivity index (χ1v) is 13.4. The smallest absolute Gasteiger partial charge is 0.192 e. The number of rotatable bonds is 8. The molecule has 0 aromatic heterocycles. The molecule has 138 valence electrons. The highest BCUT2D eigenvalue weighted by Crippen LogP contribution is 2.40. The van der Waals surface area contributed by atoms with Gasteiger partial charge in [0.1, 0.15) is 0 Å². The van der Waals surface area contributed by atoms with Gasteiger partial charge in [0.15, 0.2) is 14.6 Å². The van der Waals surface area contributed by atoms with Crippen LogP contribution >= 0.6 is 22.6 Å². The average molecular weight is 456 g/mol. The Hall–Kier alpha value is 0.827. The molecule has 0 aromatic rings. The van der Waals surface area contributed by atoms with Gasteiger partial charge in [0.25, 0.3) is 0 Å². The summed E-state index contributed by atoms with van der Waals surface area (Å²) in [6, 6.07) is 0. The normalized spacial score (nSPS) is 22.8. The van der Waals surface area contributed by atoms with Gasteiger partial charge in [-0.15, -0.1) is 0 Å². The van der Waals surface area contributed by atoms with Gasteiger partial charge in [-0.2, -0.15) is 0 Å². The summed E-state index contributed by atoms with van der Waals surface area (Å²) >= 11 is 2.49. The molecule has 0 amide bonds. The number of hydrogen-bond donors (Lipinski definition) is 0. The number of halogens is 1. The summed E-state index contributed by atoms with van der Waals surface area (Å²) < 4.78 is 19.6. The molecule has 1 aliphatic rings. The van der Waals surface area contributed by atoms with Crippen LogP contribution in [0.25, 0.3) is 0 Å². The van der Waals surface area contributed by atoms with E-state index in [1.807, 2.05) is 0 Å². The topological polar surface area (TPSA) is 27.7 Å². The number of hydrogen-bond acceptors (Lipinski definition) is 3. The van der Waals surface area contributed by atoms with Crippen molar-refractivity contribution >= 4 is 30.9 Å². The van der Waals surface area contributed by atoms with E-state index in [0.29, 0.717) is 25.0 Å². The Labute approximate surface area is 158 Å². The molecule has 1 rings (SSSR count). The molecule has 1 fully saturated rings. The predicted molar refractivity (Wildman–Crippen MR) is 109 cm³/mol. The fraction of sp³-hybridized carbons (Fsp3) is 1.00. The highest BCUT2D eigenvalue weighted by atomic mass is 127. The van der Waals surface area contributed by atoms with Crippen LogP contribution in [0.4, 0.5) is 0 Å². The second kappa shape index (κ2) is 8.97. The molecule has 0 spiro atoms.